The molecule has 2 N–H and O–H groups in total. The Morgan fingerprint density at radius 3 is 2.81 bits per heavy atom. The van der Waals surface area contributed by atoms with Gasteiger partial charge in [0, 0.05) is 25.7 Å². The van der Waals surface area contributed by atoms with Crippen molar-refractivity contribution >= 4 is 44.6 Å². The van der Waals surface area contributed by atoms with E-state index in [9.17, 15) is 23.3 Å². The van der Waals surface area contributed by atoms with E-state index in [0.29, 0.717) is 17.9 Å². The summed E-state index contributed by atoms with van der Waals surface area (Å²) in [6.07, 6.45) is 0. The number of halogens is 1. The van der Waals surface area contributed by atoms with Crippen LogP contribution >= 0.6 is 22.9 Å². The number of nitrogens with zero attached hydrogens (tertiary/aromatic N) is 2. The van der Waals surface area contributed by atoms with Gasteiger partial charge < -0.3 is 10.4 Å². The molecule has 1 atom stereocenters. The number of nitro groups is 1. The first-order chi connectivity index (χ1) is 9.75. The van der Waals surface area contributed by atoms with Crippen LogP contribution in [-0.2, 0) is 14.8 Å². The van der Waals surface area contributed by atoms with Crippen LogP contribution in [0.1, 0.15) is 0 Å². The Hall–Kier alpha value is -1.27. The van der Waals surface area contributed by atoms with Crippen molar-refractivity contribution in [3.8, 4) is 0 Å². The van der Waals surface area contributed by atoms with Gasteiger partial charge in [-0.25, -0.2) is 8.42 Å². The minimum absolute atomic E-state index is 0.0320. The number of nitrogens with one attached hydrogen (secondary N) is 1. The topological polar surface area (TPSA) is 130 Å². The summed E-state index contributed by atoms with van der Waals surface area (Å²) in [6.45, 7) is 0.225. The standard InChI is InChI=1S/C9H10ClN3O6S2/c10-8-5(13(16)17)3-7(20-8)21(18,19)12-2-1-11-4-6(12)9(14)15/h3,6,11H,1-2,4H2,(H,14,15). The zero-order valence-corrected chi connectivity index (χ0v) is 12.7. The number of carboxylic acids is 1. The van der Waals surface area contributed by atoms with Crippen molar-refractivity contribution in [2.24, 2.45) is 0 Å². The average Bonchev–Trinajstić information content (AvgIpc) is 2.81. The zero-order valence-electron chi connectivity index (χ0n) is 10.4. The molecule has 2 rings (SSSR count). The first kappa shape index (κ1) is 16.1. The van der Waals surface area contributed by atoms with Crippen LogP contribution in [0.5, 0.6) is 0 Å². The summed E-state index contributed by atoms with van der Waals surface area (Å²) in [5, 5.41) is 22.6. The molecule has 2 heterocycles. The first-order valence-electron chi connectivity index (χ1n) is 5.64. The number of rotatable bonds is 4. The van der Waals surface area contributed by atoms with Gasteiger partial charge in [0.1, 0.15) is 10.3 Å². The van der Waals surface area contributed by atoms with E-state index in [1.807, 2.05) is 0 Å². The lowest BCUT2D eigenvalue weighted by Crippen LogP contribution is -2.56. The van der Waals surface area contributed by atoms with Gasteiger partial charge in [-0.2, -0.15) is 4.31 Å². The summed E-state index contributed by atoms with van der Waals surface area (Å²) in [4.78, 5) is 21.1. The van der Waals surface area contributed by atoms with E-state index < -0.39 is 32.6 Å². The Morgan fingerprint density at radius 1 is 1.62 bits per heavy atom. The van der Waals surface area contributed by atoms with Crippen LogP contribution < -0.4 is 5.32 Å². The maximum atomic E-state index is 12.5. The predicted molar refractivity (Wildman–Crippen MR) is 74.2 cm³/mol. The molecule has 116 valence electrons. The minimum atomic E-state index is -4.15. The predicted octanol–water partition coefficient (Wildman–Crippen LogP) is 0.357. The largest absolute Gasteiger partial charge is 0.480 e. The SMILES string of the molecule is O=C(O)C1CNCCN1S(=O)(=O)c1cc([N+](=O)[O-])c(Cl)s1. The van der Waals surface area contributed by atoms with Crippen molar-refractivity contribution in [2.75, 3.05) is 19.6 Å². The Balaban J connectivity index is 2.43. The van der Waals surface area contributed by atoms with Gasteiger partial charge in [-0.15, -0.1) is 11.3 Å². The number of carboxylic acid groups (broad SMARTS) is 1. The van der Waals surface area contributed by atoms with Crippen molar-refractivity contribution in [3.63, 3.8) is 0 Å². The Morgan fingerprint density at radius 2 is 2.29 bits per heavy atom. The second-order valence-electron chi connectivity index (χ2n) is 4.16. The molecule has 12 heteroatoms. The molecule has 1 aliphatic heterocycles. The van der Waals surface area contributed by atoms with Crippen LogP contribution in [0.3, 0.4) is 0 Å². The summed E-state index contributed by atoms with van der Waals surface area (Å²) in [5.74, 6) is -1.29. The maximum Gasteiger partial charge on any atom is 0.323 e. The molecule has 9 nitrogen and oxygen atoms in total. The number of piperazine rings is 1. The first-order valence-corrected chi connectivity index (χ1v) is 8.27. The van der Waals surface area contributed by atoms with Gasteiger partial charge in [0.25, 0.3) is 15.7 Å². The summed E-state index contributed by atoms with van der Waals surface area (Å²) in [6, 6.07) is -0.410. The maximum absolute atomic E-state index is 12.5. The third-order valence-corrected chi connectivity index (χ3v) is 6.58. The van der Waals surface area contributed by atoms with Gasteiger partial charge in [0.05, 0.1) is 4.92 Å². The lowest BCUT2D eigenvalue weighted by Gasteiger charge is -2.31. The number of hydrogen-bond acceptors (Lipinski definition) is 7. The Bertz CT molecular complexity index is 688. The molecule has 1 unspecified atom stereocenters. The van der Waals surface area contributed by atoms with E-state index in [-0.39, 0.29) is 21.6 Å². The van der Waals surface area contributed by atoms with Crippen LogP contribution in [0, 0.1) is 10.1 Å². The summed E-state index contributed by atoms with van der Waals surface area (Å²) < 4.78 is 25.1. The van der Waals surface area contributed by atoms with Gasteiger partial charge in [-0.1, -0.05) is 11.6 Å². The monoisotopic (exact) mass is 355 g/mol. The number of aliphatic carboxylic acids is 1. The Kier molecular flexibility index (Phi) is 4.49. The summed E-state index contributed by atoms with van der Waals surface area (Å²) >= 11 is 6.19. The van der Waals surface area contributed by atoms with Gasteiger partial charge in [0.15, 0.2) is 4.34 Å². The highest BCUT2D eigenvalue weighted by Crippen LogP contribution is 2.37. The van der Waals surface area contributed by atoms with Crippen molar-refractivity contribution < 1.29 is 23.2 Å². The molecule has 1 aliphatic rings. The highest BCUT2D eigenvalue weighted by molar-refractivity contribution is 7.91. The molecule has 0 radical (unpaired) electrons. The molecule has 0 aromatic carbocycles. The second kappa shape index (κ2) is 5.85. The molecule has 0 bridgehead atoms. The lowest BCUT2D eigenvalue weighted by atomic mass is 10.2. The van der Waals surface area contributed by atoms with Crippen LogP contribution in [0.25, 0.3) is 0 Å². The Labute approximate surface area is 128 Å². The molecule has 1 aromatic rings. The molecule has 0 amide bonds. The fourth-order valence-electron chi connectivity index (χ4n) is 1.89. The second-order valence-corrected chi connectivity index (χ2v) is 7.93. The number of thiophene rings is 1. The van der Waals surface area contributed by atoms with Crippen LogP contribution in [0.2, 0.25) is 4.34 Å². The van der Waals surface area contributed by atoms with E-state index in [1.165, 1.54) is 0 Å². The van der Waals surface area contributed by atoms with Gasteiger partial charge in [-0.3, -0.25) is 14.9 Å². The van der Waals surface area contributed by atoms with Crippen molar-refractivity contribution in [2.45, 2.75) is 10.3 Å². The third-order valence-electron chi connectivity index (χ3n) is 2.89. The number of hydrogen-bond donors (Lipinski definition) is 2. The molecule has 0 aliphatic carbocycles. The van der Waals surface area contributed by atoms with Gasteiger partial charge in [0.2, 0.25) is 0 Å². The highest BCUT2D eigenvalue weighted by Gasteiger charge is 2.39. The van der Waals surface area contributed by atoms with Crippen molar-refractivity contribution in [3.05, 3.63) is 20.5 Å². The van der Waals surface area contributed by atoms with Gasteiger partial charge in [-0.05, 0) is 0 Å². The van der Waals surface area contributed by atoms with Crippen LogP contribution in [0.4, 0.5) is 5.69 Å². The van der Waals surface area contributed by atoms with E-state index in [2.05, 4.69) is 5.32 Å². The summed E-state index contributed by atoms with van der Waals surface area (Å²) in [7, 11) is -4.15. The lowest BCUT2D eigenvalue weighted by molar-refractivity contribution is -0.384. The molecular formula is C9H10ClN3O6S2. The van der Waals surface area contributed by atoms with Gasteiger partial charge >= 0.3 is 5.97 Å². The molecule has 21 heavy (non-hydrogen) atoms. The normalized spacial score (nSPS) is 20.3. The van der Waals surface area contributed by atoms with Crippen LogP contribution in [0.15, 0.2) is 10.3 Å². The molecule has 1 aromatic heterocycles. The summed E-state index contributed by atoms with van der Waals surface area (Å²) in [5.41, 5.74) is -0.512. The van der Waals surface area contributed by atoms with Crippen molar-refractivity contribution in [1.29, 1.82) is 0 Å². The van der Waals surface area contributed by atoms with E-state index in [0.717, 1.165) is 10.4 Å². The zero-order chi connectivity index (χ0) is 15.8. The van der Waals surface area contributed by atoms with Crippen molar-refractivity contribution in [1.82, 2.24) is 9.62 Å². The quantitative estimate of drug-likeness (QED) is 0.589. The van der Waals surface area contributed by atoms with Crippen LogP contribution in [-0.4, -0.2) is 54.4 Å². The average molecular weight is 356 g/mol. The molecule has 1 saturated heterocycles. The molecular weight excluding hydrogens is 346 g/mol. The number of sulfonamides is 1. The highest BCUT2D eigenvalue weighted by atomic mass is 35.5. The minimum Gasteiger partial charge on any atom is -0.480 e. The fourth-order valence-corrected chi connectivity index (χ4v) is 5.27. The van der Waals surface area contributed by atoms with E-state index in [1.54, 1.807) is 0 Å². The molecule has 0 saturated carbocycles. The molecule has 0 spiro atoms. The third kappa shape index (κ3) is 3.01. The van der Waals surface area contributed by atoms with E-state index >= 15 is 0 Å². The smallest absolute Gasteiger partial charge is 0.323 e. The van der Waals surface area contributed by atoms with E-state index in [4.69, 9.17) is 16.7 Å². The number of carbonyl (C=O) groups is 1. The molecule has 1 fully saturated rings. The fraction of sp³-hybridized carbons (Fsp3) is 0.444.